The van der Waals surface area contributed by atoms with Crippen molar-refractivity contribution in [3.63, 3.8) is 0 Å². The van der Waals surface area contributed by atoms with E-state index in [4.69, 9.17) is 17.3 Å². The lowest BCUT2D eigenvalue weighted by molar-refractivity contribution is -0.137. The van der Waals surface area contributed by atoms with Gasteiger partial charge in [0, 0.05) is 23.5 Å². The summed E-state index contributed by atoms with van der Waals surface area (Å²) in [6, 6.07) is 8.23. The first-order chi connectivity index (χ1) is 10.2. The van der Waals surface area contributed by atoms with Gasteiger partial charge in [-0.25, -0.2) is 0 Å². The third kappa shape index (κ3) is 3.09. The highest BCUT2D eigenvalue weighted by Crippen LogP contribution is 2.38. The van der Waals surface area contributed by atoms with E-state index in [1.807, 2.05) is 29.2 Å². The van der Waals surface area contributed by atoms with Gasteiger partial charge in [-0.1, -0.05) is 36.2 Å². The summed E-state index contributed by atoms with van der Waals surface area (Å²) in [7, 11) is 0. The summed E-state index contributed by atoms with van der Waals surface area (Å²) >= 11 is 6.33. The minimum absolute atomic E-state index is 0.108. The first-order valence-corrected chi connectivity index (χ1v) is 8.35. The fourth-order valence-electron chi connectivity index (χ4n) is 3.79. The third-order valence-electron chi connectivity index (χ3n) is 4.86. The average Bonchev–Trinajstić information content (AvgIpc) is 2.96. The quantitative estimate of drug-likeness (QED) is 0.908. The monoisotopic (exact) mass is 306 g/mol. The zero-order valence-corrected chi connectivity index (χ0v) is 13.1. The Morgan fingerprint density at radius 3 is 2.76 bits per heavy atom. The second-order valence-electron chi connectivity index (χ2n) is 6.33. The van der Waals surface area contributed by atoms with E-state index in [9.17, 15) is 4.79 Å². The normalized spacial score (nSPS) is 29.6. The SMILES string of the molecule is N[C@@H]1CCC[C@@H](C(=O)N2CCC[C@H]2c2ccccc2Cl)C1. The van der Waals surface area contributed by atoms with Crippen molar-refractivity contribution in [3.05, 3.63) is 34.9 Å². The van der Waals surface area contributed by atoms with Crippen LogP contribution in [0.2, 0.25) is 5.02 Å². The van der Waals surface area contributed by atoms with Gasteiger partial charge in [-0.3, -0.25) is 4.79 Å². The Morgan fingerprint density at radius 2 is 2.00 bits per heavy atom. The molecule has 1 saturated heterocycles. The molecule has 0 radical (unpaired) electrons. The predicted octanol–water partition coefficient (Wildman–Crippen LogP) is 3.52. The van der Waals surface area contributed by atoms with Crippen LogP contribution in [0.15, 0.2) is 24.3 Å². The van der Waals surface area contributed by atoms with Crippen LogP contribution in [-0.4, -0.2) is 23.4 Å². The van der Waals surface area contributed by atoms with Crippen molar-refractivity contribution in [2.24, 2.45) is 11.7 Å². The van der Waals surface area contributed by atoms with Gasteiger partial charge in [0.15, 0.2) is 0 Å². The van der Waals surface area contributed by atoms with E-state index >= 15 is 0 Å². The van der Waals surface area contributed by atoms with Crippen LogP contribution in [0, 0.1) is 5.92 Å². The van der Waals surface area contributed by atoms with Crippen LogP contribution >= 0.6 is 11.6 Å². The second-order valence-corrected chi connectivity index (χ2v) is 6.74. The first-order valence-electron chi connectivity index (χ1n) is 7.97. The van der Waals surface area contributed by atoms with E-state index in [0.29, 0.717) is 0 Å². The average molecular weight is 307 g/mol. The Labute approximate surface area is 131 Å². The zero-order chi connectivity index (χ0) is 14.8. The van der Waals surface area contributed by atoms with E-state index < -0.39 is 0 Å². The van der Waals surface area contributed by atoms with Crippen molar-refractivity contribution < 1.29 is 4.79 Å². The summed E-state index contributed by atoms with van der Waals surface area (Å²) in [5.41, 5.74) is 7.13. The minimum atomic E-state index is 0.108. The molecule has 1 heterocycles. The molecule has 1 aliphatic carbocycles. The molecule has 4 heteroatoms. The molecule has 3 atom stereocenters. The Balaban J connectivity index is 1.77. The molecule has 1 aromatic carbocycles. The Hall–Kier alpha value is -1.06. The molecule has 2 aliphatic rings. The van der Waals surface area contributed by atoms with Gasteiger partial charge in [-0.15, -0.1) is 0 Å². The summed E-state index contributed by atoms with van der Waals surface area (Å²) in [4.78, 5) is 14.9. The molecule has 21 heavy (non-hydrogen) atoms. The molecule has 1 aliphatic heterocycles. The molecule has 3 nitrogen and oxygen atoms in total. The standard InChI is InChI=1S/C17H23ClN2O/c18-15-8-2-1-7-14(15)16-9-4-10-20(16)17(21)12-5-3-6-13(19)11-12/h1-2,7-8,12-13,16H,3-6,9-11,19H2/t12-,13-,16+/m1/s1. The smallest absolute Gasteiger partial charge is 0.226 e. The van der Waals surface area contributed by atoms with E-state index in [-0.39, 0.29) is 23.9 Å². The van der Waals surface area contributed by atoms with Gasteiger partial charge in [-0.05, 0) is 43.7 Å². The van der Waals surface area contributed by atoms with Gasteiger partial charge >= 0.3 is 0 Å². The summed E-state index contributed by atoms with van der Waals surface area (Å²) in [5, 5.41) is 0.766. The molecule has 0 spiro atoms. The van der Waals surface area contributed by atoms with Crippen LogP contribution in [-0.2, 0) is 4.79 Å². The van der Waals surface area contributed by atoms with Crippen LogP contribution < -0.4 is 5.73 Å². The summed E-state index contributed by atoms with van der Waals surface area (Å²) in [6.07, 6.45) is 6.01. The Bertz CT molecular complexity index is 519. The fourth-order valence-corrected chi connectivity index (χ4v) is 4.05. The summed E-state index contributed by atoms with van der Waals surface area (Å²) in [5.74, 6) is 0.393. The van der Waals surface area contributed by atoms with Gasteiger partial charge < -0.3 is 10.6 Å². The number of carbonyl (C=O) groups excluding carboxylic acids is 1. The zero-order valence-electron chi connectivity index (χ0n) is 12.3. The van der Waals surface area contributed by atoms with E-state index in [1.165, 1.54) is 0 Å². The molecule has 2 N–H and O–H groups in total. The van der Waals surface area contributed by atoms with E-state index in [1.54, 1.807) is 0 Å². The number of amides is 1. The highest BCUT2D eigenvalue weighted by molar-refractivity contribution is 6.31. The van der Waals surface area contributed by atoms with Crippen LogP contribution in [0.25, 0.3) is 0 Å². The fraction of sp³-hybridized carbons (Fsp3) is 0.588. The maximum Gasteiger partial charge on any atom is 0.226 e. The highest BCUT2D eigenvalue weighted by Gasteiger charge is 2.36. The van der Waals surface area contributed by atoms with Crippen LogP contribution in [0.4, 0.5) is 0 Å². The Kier molecular flexibility index (Phi) is 4.51. The maximum atomic E-state index is 12.9. The molecule has 1 saturated carbocycles. The third-order valence-corrected chi connectivity index (χ3v) is 5.21. The number of nitrogens with zero attached hydrogens (tertiary/aromatic N) is 1. The van der Waals surface area contributed by atoms with Crippen molar-refractivity contribution in [1.82, 2.24) is 4.90 Å². The molecule has 0 unspecified atom stereocenters. The van der Waals surface area contributed by atoms with Crippen molar-refractivity contribution in [1.29, 1.82) is 0 Å². The number of benzene rings is 1. The lowest BCUT2D eigenvalue weighted by Gasteiger charge is -2.33. The van der Waals surface area contributed by atoms with Crippen molar-refractivity contribution in [2.45, 2.75) is 50.6 Å². The number of nitrogens with two attached hydrogens (primary N) is 1. The van der Waals surface area contributed by atoms with Crippen LogP contribution in [0.5, 0.6) is 0 Å². The molecular weight excluding hydrogens is 284 g/mol. The van der Waals surface area contributed by atoms with Gasteiger partial charge in [0.2, 0.25) is 5.91 Å². The van der Waals surface area contributed by atoms with Crippen molar-refractivity contribution in [2.75, 3.05) is 6.54 Å². The topological polar surface area (TPSA) is 46.3 Å². The number of halogens is 1. The highest BCUT2D eigenvalue weighted by atomic mass is 35.5. The van der Waals surface area contributed by atoms with Gasteiger partial charge in [-0.2, -0.15) is 0 Å². The lowest BCUT2D eigenvalue weighted by Crippen LogP contribution is -2.40. The van der Waals surface area contributed by atoms with E-state index in [0.717, 1.165) is 55.7 Å². The van der Waals surface area contributed by atoms with Gasteiger partial charge in [0.05, 0.1) is 6.04 Å². The van der Waals surface area contributed by atoms with Crippen LogP contribution in [0.3, 0.4) is 0 Å². The van der Waals surface area contributed by atoms with Gasteiger partial charge in [0.25, 0.3) is 0 Å². The molecule has 1 amide bonds. The van der Waals surface area contributed by atoms with Crippen molar-refractivity contribution >= 4 is 17.5 Å². The largest absolute Gasteiger partial charge is 0.335 e. The molecule has 1 aromatic rings. The van der Waals surface area contributed by atoms with Gasteiger partial charge in [0.1, 0.15) is 0 Å². The molecule has 114 valence electrons. The minimum Gasteiger partial charge on any atom is -0.335 e. The maximum absolute atomic E-state index is 12.9. The van der Waals surface area contributed by atoms with Crippen LogP contribution in [0.1, 0.15) is 50.1 Å². The molecule has 0 bridgehead atoms. The second kappa shape index (κ2) is 6.37. The number of likely N-dealkylation sites (tertiary alicyclic amines) is 1. The first kappa shape index (κ1) is 14.9. The molecule has 2 fully saturated rings. The lowest BCUT2D eigenvalue weighted by atomic mass is 9.85. The predicted molar refractivity (Wildman–Crippen MR) is 85.1 cm³/mol. The number of rotatable bonds is 2. The van der Waals surface area contributed by atoms with E-state index in [2.05, 4.69) is 0 Å². The molecule has 0 aromatic heterocycles. The number of hydrogen-bond donors (Lipinski definition) is 1. The molecular formula is C17H23ClN2O. The van der Waals surface area contributed by atoms with Crippen molar-refractivity contribution in [3.8, 4) is 0 Å². The number of carbonyl (C=O) groups is 1. The number of hydrogen-bond acceptors (Lipinski definition) is 2. The Morgan fingerprint density at radius 1 is 1.19 bits per heavy atom. The molecule has 3 rings (SSSR count). The summed E-state index contributed by atoms with van der Waals surface area (Å²) in [6.45, 7) is 0.848. The summed E-state index contributed by atoms with van der Waals surface area (Å²) < 4.78 is 0.